The molecule has 1 N–H and O–H groups in total. The second-order valence-electron chi connectivity index (χ2n) is 5.61. The van der Waals surface area contributed by atoms with Crippen LogP contribution >= 0.6 is 0 Å². The molecule has 8 heteroatoms. The van der Waals surface area contributed by atoms with Crippen molar-refractivity contribution in [1.82, 2.24) is 10.1 Å². The Morgan fingerprint density at radius 2 is 1.88 bits per heavy atom. The largest absolute Gasteiger partial charge is 0.497 e. The van der Waals surface area contributed by atoms with Crippen molar-refractivity contribution in [3.63, 3.8) is 0 Å². The molecule has 2 rings (SSSR count). The molecular formula is C18H23N3O5. The number of hydrogen-bond donors (Lipinski definition) is 1. The summed E-state index contributed by atoms with van der Waals surface area (Å²) in [5.74, 6) is 0.704. The van der Waals surface area contributed by atoms with Gasteiger partial charge in [0.25, 0.3) is 5.91 Å². The Labute approximate surface area is 152 Å². The molecule has 0 atom stereocenters. The molecule has 1 heterocycles. The molecule has 0 aliphatic carbocycles. The van der Waals surface area contributed by atoms with Crippen molar-refractivity contribution >= 4 is 17.6 Å². The number of rotatable bonds is 9. The monoisotopic (exact) mass is 361 g/mol. The minimum absolute atomic E-state index is 0.0920. The number of aromatic nitrogens is 1. The fraction of sp³-hybridized carbons (Fsp3) is 0.389. The van der Waals surface area contributed by atoms with E-state index in [1.54, 1.807) is 18.2 Å². The summed E-state index contributed by atoms with van der Waals surface area (Å²) in [4.78, 5) is 26.6. The average molecular weight is 361 g/mol. The summed E-state index contributed by atoms with van der Waals surface area (Å²) in [6.45, 7) is 2.39. The molecule has 0 aliphatic heterocycles. The number of methoxy groups -OCH3 is 2. The third kappa shape index (κ3) is 5.23. The number of ether oxygens (including phenoxy) is 2. The Morgan fingerprint density at radius 1 is 1.19 bits per heavy atom. The Balaban J connectivity index is 2.16. The van der Waals surface area contributed by atoms with Crippen molar-refractivity contribution in [2.24, 2.45) is 0 Å². The van der Waals surface area contributed by atoms with Crippen molar-refractivity contribution in [2.45, 2.75) is 19.8 Å². The molecule has 0 saturated carbocycles. The summed E-state index contributed by atoms with van der Waals surface area (Å²) in [6.07, 6.45) is 3.04. The molecule has 0 unspecified atom stereocenters. The van der Waals surface area contributed by atoms with E-state index in [-0.39, 0.29) is 18.4 Å². The fourth-order valence-electron chi connectivity index (χ4n) is 2.35. The maximum atomic E-state index is 12.9. The molecule has 0 bridgehead atoms. The first-order valence-corrected chi connectivity index (χ1v) is 8.30. The van der Waals surface area contributed by atoms with Crippen LogP contribution in [0.1, 0.15) is 30.1 Å². The summed E-state index contributed by atoms with van der Waals surface area (Å²) in [7, 11) is 3.03. The van der Waals surface area contributed by atoms with Crippen LogP contribution in [0, 0.1) is 0 Å². The highest BCUT2D eigenvalue weighted by Crippen LogP contribution is 2.23. The van der Waals surface area contributed by atoms with Gasteiger partial charge < -0.3 is 24.2 Å². The van der Waals surface area contributed by atoms with Gasteiger partial charge in [0, 0.05) is 24.2 Å². The highest BCUT2D eigenvalue weighted by molar-refractivity contribution is 5.99. The van der Waals surface area contributed by atoms with Gasteiger partial charge in [-0.2, -0.15) is 0 Å². The predicted octanol–water partition coefficient (Wildman–Crippen LogP) is 2.57. The zero-order chi connectivity index (χ0) is 18.9. The standard InChI is InChI=1S/C18H23N3O5/c1-4-5-7-21(12-17(22)19-16-6-8-26-20-16)18(23)13-9-14(24-2)11-15(10-13)25-3/h6,8-11H,4-5,7,12H2,1-3H3,(H,19,20,22). The van der Waals surface area contributed by atoms with E-state index >= 15 is 0 Å². The van der Waals surface area contributed by atoms with Gasteiger partial charge in [0.15, 0.2) is 5.82 Å². The highest BCUT2D eigenvalue weighted by Gasteiger charge is 2.20. The Kier molecular flexibility index (Phi) is 7.02. The topological polar surface area (TPSA) is 93.9 Å². The summed E-state index contributed by atoms with van der Waals surface area (Å²) in [5.41, 5.74) is 0.395. The lowest BCUT2D eigenvalue weighted by Gasteiger charge is -2.22. The van der Waals surface area contributed by atoms with Gasteiger partial charge in [0.2, 0.25) is 5.91 Å². The number of carbonyl (C=O) groups is 2. The molecule has 0 spiro atoms. The second-order valence-corrected chi connectivity index (χ2v) is 5.61. The number of hydrogen-bond acceptors (Lipinski definition) is 6. The molecule has 0 radical (unpaired) electrons. The lowest BCUT2D eigenvalue weighted by Crippen LogP contribution is -2.38. The predicted molar refractivity (Wildman–Crippen MR) is 95.5 cm³/mol. The van der Waals surface area contributed by atoms with Crippen molar-refractivity contribution in [2.75, 3.05) is 32.6 Å². The van der Waals surface area contributed by atoms with E-state index in [1.165, 1.54) is 31.4 Å². The Morgan fingerprint density at radius 3 is 2.42 bits per heavy atom. The van der Waals surface area contributed by atoms with Gasteiger partial charge in [0.1, 0.15) is 24.3 Å². The van der Waals surface area contributed by atoms with Crippen LogP contribution in [0.25, 0.3) is 0 Å². The minimum atomic E-state index is -0.349. The average Bonchev–Trinajstić information content (AvgIpc) is 3.16. The van der Waals surface area contributed by atoms with Crippen LogP contribution in [0.5, 0.6) is 11.5 Å². The normalized spacial score (nSPS) is 10.3. The van der Waals surface area contributed by atoms with E-state index in [0.29, 0.717) is 29.4 Å². The van der Waals surface area contributed by atoms with Crippen molar-refractivity contribution < 1.29 is 23.6 Å². The summed E-state index contributed by atoms with van der Waals surface area (Å²) >= 11 is 0. The maximum Gasteiger partial charge on any atom is 0.254 e. The molecular weight excluding hydrogens is 338 g/mol. The van der Waals surface area contributed by atoms with Gasteiger partial charge in [-0.25, -0.2) is 0 Å². The van der Waals surface area contributed by atoms with Crippen LogP contribution < -0.4 is 14.8 Å². The third-order valence-electron chi connectivity index (χ3n) is 3.71. The molecule has 2 amide bonds. The van der Waals surface area contributed by atoms with Crippen LogP contribution in [0.2, 0.25) is 0 Å². The molecule has 0 saturated heterocycles. The smallest absolute Gasteiger partial charge is 0.254 e. The number of nitrogens with one attached hydrogen (secondary N) is 1. The van der Waals surface area contributed by atoms with Crippen LogP contribution in [0.4, 0.5) is 5.82 Å². The van der Waals surface area contributed by atoms with Gasteiger partial charge in [-0.1, -0.05) is 18.5 Å². The van der Waals surface area contributed by atoms with Gasteiger partial charge >= 0.3 is 0 Å². The van der Waals surface area contributed by atoms with Crippen LogP contribution in [0.3, 0.4) is 0 Å². The van der Waals surface area contributed by atoms with E-state index in [0.717, 1.165) is 12.8 Å². The maximum absolute atomic E-state index is 12.9. The van der Waals surface area contributed by atoms with Crippen molar-refractivity contribution in [3.8, 4) is 11.5 Å². The van der Waals surface area contributed by atoms with Crippen LogP contribution in [-0.2, 0) is 4.79 Å². The third-order valence-corrected chi connectivity index (χ3v) is 3.71. The van der Waals surface area contributed by atoms with E-state index in [4.69, 9.17) is 9.47 Å². The Bertz CT molecular complexity index is 708. The van der Waals surface area contributed by atoms with Crippen molar-refractivity contribution in [1.29, 1.82) is 0 Å². The zero-order valence-electron chi connectivity index (χ0n) is 15.2. The van der Waals surface area contributed by atoms with Crippen LogP contribution in [-0.4, -0.2) is 49.2 Å². The molecule has 1 aromatic carbocycles. The van der Waals surface area contributed by atoms with E-state index in [1.807, 2.05) is 6.92 Å². The van der Waals surface area contributed by atoms with E-state index < -0.39 is 0 Å². The lowest BCUT2D eigenvalue weighted by molar-refractivity contribution is -0.116. The first-order valence-electron chi connectivity index (χ1n) is 8.30. The number of nitrogens with zero attached hydrogens (tertiary/aromatic N) is 2. The minimum Gasteiger partial charge on any atom is -0.497 e. The summed E-state index contributed by atoms with van der Waals surface area (Å²) < 4.78 is 15.1. The first-order chi connectivity index (χ1) is 12.6. The van der Waals surface area contributed by atoms with Gasteiger partial charge in [-0.15, -0.1) is 0 Å². The van der Waals surface area contributed by atoms with Crippen molar-refractivity contribution in [3.05, 3.63) is 36.1 Å². The fourth-order valence-corrected chi connectivity index (χ4v) is 2.35. The Hall–Kier alpha value is -3.03. The van der Waals surface area contributed by atoms with Gasteiger partial charge in [0.05, 0.1) is 14.2 Å². The number of amides is 2. The van der Waals surface area contributed by atoms with E-state index in [9.17, 15) is 9.59 Å². The quantitative estimate of drug-likeness (QED) is 0.738. The number of anilines is 1. The number of carbonyl (C=O) groups excluding carboxylic acids is 2. The first kappa shape index (κ1) is 19.3. The zero-order valence-corrected chi connectivity index (χ0v) is 15.2. The molecule has 2 aromatic rings. The van der Waals surface area contributed by atoms with Crippen LogP contribution in [0.15, 0.2) is 35.1 Å². The van der Waals surface area contributed by atoms with Gasteiger partial charge in [-0.3, -0.25) is 9.59 Å². The molecule has 0 fully saturated rings. The highest BCUT2D eigenvalue weighted by atomic mass is 16.5. The number of benzene rings is 1. The second kappa shape index (κ2) is 9.45. The molecule has 140 valence electrons. The molecule has 0 aliphatic rings. The SMILES string of the molecule is CCCCN(CC(=O)Nc1ccon1)C(=O)c1cc(OC)cc(OC)c1. The summed E-state index contributed by atoms with van der Waals surface area (Å²) in [5, 5.41) is 6.22. The molecule has 26 heavy (non-hydrogen) atoms. The molecule has 8 nitrogen and oxygen atoms in total. The summed E-state index contributed by atoms with van der Waals surface area (Å²) in [6, 6.07) is 6.46. The van der Waals surface area contributed by atoms with E-state index in [2.05, 4.69) is 15.0 Å². The molecule has 1 aromatic heterocycles. The lowest BCUT2D eigenvalue weighted by atomic mass is 10.1. The number of unbranched alkanes of at least 4 members (excludes halogenated alkanes) is 1. The van der Waals surface area contributed by atoms with Gasteiger partial charge in [-0.05, 0) is 18.6 Å².